The Labute approximate surface area is 177 Å². The zero-order valence-electron chi connectivity index (χ0n) is 16.2. The molecule has 2 aromatic carbocycles. The van der Waals surface area contributed by atoms with Crippen LogP contribution in [-0.2, 0) is 17.4 Å². The molecule has 2 aromatic rings. The fourth-order valence-electron chi connectivity index (χ4n) is 4.32. The maximum absolute atomic E-state index is 12.9. The van der Waals surface area contributed by atoms with Gasteiger partial charge >= 0.3 is 6.18 Å². The number of benzene rings is 2. The molecule has 0 saturated heterocycles. The van der Waals surface area contributed by atoms with Crippen LogP contribution in [0.3, 0.4) is 0 Å². The fourth-order valence-corrected chi connectivity index (χ4v) is 4.54. The smallest absolute Gasteiger partial charge is 0.416 e. The molecule has 2 aliphatic carbocycles. The molecular formula is C23H20ClF3O3. The third kappa shape index (κ3) is 3.69. The second-order valence-electron chi connectivity index (χ2n) is 7.75. The summed E-state index contributed by atoms with van der Waals surface area (Å²) in [5.74, 6) is 0.415. The Morgan fingerprint density at radius 3 is 2.53 bits per heavy atom. The van der Waals surface area contributed by atoms with E-state index in [-0.39, 0.29) is 34.2 Å². The van der Waals surface area contributed by atoms with Crippen molar-refractivity contribution >= 4 is 23.0 Å². The molecule has 2 aliphatic rings. The molecule has 158 valence electrons. The van der Waals surface area contributed by atoms with Crippen LogP contribution in [0.15, 0.2) is 42.2 Å². The summed E-state index contributed by atoms with van der Waals surface area (Å²) in [6, 6.07) is 8.01. The van der Waals surface area contributed by atoms with E-state index in [0.29, 0.717) is 29.7 Å². The molecule has 3 nitrogen and oxygen atoms in total. The first-order valence-electron chi connectivity index (χ1n) is 9.84. The molecule has 2 bridgehead atoms. The molecule has 0 heterocycles. The van der Waals surface area contributed by atoms with Crippen molar-refractivity contribution in [1.82, 2.24) is 0 Å². The van der Waals surface area contributed by atoms with Gasteiger partial charge in [-0.2, -0.15) is 13.2 Å². The number of aryl methyl sites for hydroxylation is 1. The molecule has 0 unspecified atom stereocenters. The van der Waals surface area contributed by atoms with E-state index in [2.05, 4.69) is 0 Å². The van der Waals surface area contributed by atoms with Crippen LogP contribution in [0.25, 0.3) is 5.57 Å². The molecule has 0 radical (unpaired) electrons. The standard InChI is InChI=1S/C23H20ClF3O3/c1-2-12-5-7-16(30-19-8-6-15(10-18(19)24)23(25,26)27)11-17(12)20-21(28)13-3-4-14(9-13)22(20)29/h5-8,10-11,13-14,28H,2-4,9H2,1H3/t13-,14+/m0/s1. The van der Waals surface area contributed by atoms with E-state index in [1.807, 2.05) is 6.92 Å². The highest BCUT2D eigenvalue weighted by molar-refractivity contribution is 6.32. The van der Waals surface area contributed by atoms with Crippen molar-refractivity contribution in [3.05, 3.63) is 63.9 Å². The lowest BCUT2D eigenvalue weighted by Gasteiger charge is -2.23. The summed E-state index contributed by atoms with van der Waals surface area (Å²) in [5.41, 5.74) is 0.976. The van der Waals surface area contributed by atoms with Gasteiger partial charge in [0, 0.05) is 11.8 Å². The first kappa shape index (κ1) is 20.8. The van der Waals surface area contributed by atoms with Crippen molar-refractivity contribution in [3.63, 3.8) is 0 Å². The number of fused-ring (bicyclic) bond motifs is 2. The van der Waals surface area contributed by atoms with E-state index in [0.717, 1.165) is 30.5 Å². The van der Waals surface area contributed by atoms with Crippen molar-refractivity contribution in [1.29, 1.82) is 0 Å². The first-order chi connectivity index (χ1) is 14.2. The molecule has 1 saturated carbocycles. The number of carbonyl (C=O) groups is 1. The number of alkyl halides is 3. The summed E-state index contributed by atoms with van der Waals surface area (Å²) in [4.78, 5) is 12.9. The molecule has 0 aromatic heterocycles. The second-order valence-corrected chi connectivity index (χ2v) is 8.16. The number of aliphatic hydroxyl groups excluding tert-OH is 1. The minimum Gasteiger partial charge on any atom is -0.511 e. The Kier molecular flexibility index (Phi) is 5.30. The molecule has 0 amide bonds. The van der Waals surface area contributed by atoms with Crippen LogP contribution in [0, 0.1) is 11.8 Å². The quantitative estimate of drug-likeness (QED) is 0.562. The highest BCUT2D eigenvalue weighted by Crippen LogP contribution is 2.46. The average Bonchev–Trinajstić information content (AvgIpc) is 3.15. The molecule has 1 N–H and O–H groups in total. The van der Waals surface area contributed by atoms with Gasteiger partial charge in [0.25, 0.3) is 0 Å². The van der Waals surface area contributed by atoms with Crippen LogP contribution in [0.1, 0.15) is 42.9 Å². The maximum Gasteiger partial charge on any atom is 0.416 e. The molecule has 7 heteroatoms. The van der Waals surface area contributed by atoms with Crippen molar-refractivity contribution in [2.24, 2.45) is 11.8 Å². The van der Waals surface area contributed by atoms with Crippen molar-refractivity contribution in [2.45, 2.75) is 38.8 Å². The second kappa shape index (κ2) is 7.65. The van der Waals surface area contributed by atoms with E-state index in [4.69, 9.17) is 16.3 Å². The van der Waals surface area contributed by atoms with Gasteiger partial charge in [0.15, 0.2) is 5.78 Å². The summed E-state index contributed by atoms with van der Waals surface area (Å²) in [6.45, 7) is 1.95. The third-order valence-electron chi connectivity index (χ3n) is 5.91. The van der Waals surface area contributed by atoms with E-state index in [9.17, 15) is 23.1 Å². The van der Waals surface area contributed by atoms with Crippen LogP contribution in [0.4, 0.5) is 13.2 Å². The Balaban J connectivity index is 1.71. The summed E-state index contributed by atoms with van der Waals surface area (Å²) >= 11 is 6.00. The van der Waals surface area contributed by atoms with Gasteiger partial charge in [0.1, 0.15) is 17.3 Å². The molecule has 30 heavy (non-hydrogen) atoms. The number of ketones is 1. The number of halogens is 4. The molecular weight excluding hydrogens is 417 g/mol. The van der Waals surface area contributed by atoms with Crippen LogP contribution in [-0.4, -0.2) is 10.9 Å². The lowest BCUT2D eigenvalue weighted by atomic mass is 9.81. The van der Waals surface area contributed by atoms with Gasteiger partial charge in [-0.05, 0) is 67.1 Å². The van der Waals surface area contributed by atoms with Gasteiger partial charge in [-0.25, -0.2) is 0 Å². The molecule has 2 atom stereocenters. The number of hydrogen-bond acceptors (Lipinski definition) is 3. The number of hydrogen-bond donors (Lipinski definition) is 1. The van der Waals surface area contributed by atoms with Crippen molar-refractivity contribution in [2.75, 3.05) is 0 Å². The average molecular weight is 437 g/mol. The minimum absolute atomic E-state index is 0.00124. The minimum atomic E-state index is -4.50. The topological polar surface area (TPSA) is 46.5 Å². The molecule has 4 rings (SSSR count). The van der Waals surface area contributed by atoms with Crippen molar-refractivity contribution < 1.29 is 27.8 Å². The van der Waals surface area contributed by atoms with Gasteiger partial charge < -0.3 is 9.84 Å². The predicted octanol–water partition coefficient (Wildman–Crippen LogP) is 6.98. The highest BCUT2D eigenvalue weighted by atomic mass is 35.5. The fraction of sp³-hybridized carbons (Fsp3) is 0.348. The van der Waals surface area contributed by atoms with Crippen LogP contribution in [0.5, 0.6) is 11.5 Å². The lowest BCUT2D eigenvalue weighted by Crippen LogP contribution is -2.21. The SMILES string of the molecule is CCc1ccc(Oc2ccc(C(F)(F)F)cc2Cl)cc1C1=C(O)[C@H]2CC[C@H](C2)C1=O. The number of aliphatic hydroxyl groups is 1. The monoisotopic (exact) mass is 436 g/mol. The van der Waals surface area contributed by atoms with Gasteiger partial charge in [0.05, 0.1) is 16.2 Å². The number of allylic oxidation sites excluding steroid dienone is 2. The van der Waals surface area contributed by atoms with E-state index in [1.54, 1.807) is 18.2 Å². The number of carbonyl (C=O) groups excluding carboxylic acids is 1. The van der Waals surface area contributed by atoms with Crippen molar-refractivity contribution in [3.8, 4) is 11.5 Å². The van der Waals surface area contributed by atoms with E-state index in [1.165, 1.54) is 6.07 Å². The van der Waals surface area contributed by atoms with Crippen LogP contribution in [0.2, 0.25) is 5.02 Å². The Bertz CT molecular complexity index is 1040. The third-order valence-corrected chi connectivity index (χ3v) is 6.21. The normalized spacial score (nSPS) is 21.3. The van der Waals surface area contributed by atoms with E-state index < -0.39 is 11.7 Å². The predicted molar refractivity (Wildman–Crippen MR) is 108 cm³/mol. The lowest BCUT2D eigenvalue weighted by molar-refractivity contribution is -0.137. The summed E-state index contributed by atoms with van der Waals surface area (Å²) in [7, 11) is 0. The van der Waals surface area contributed by atoms with Gasteiger partial charge in [-0.15, -0.1) is 0 Å². The molecule has 0 aliphatic heterocycles. The summed E-state index contributed by atoms with van der Waals surface area (Å²) in [6.07, 6.45) is -1.59. The van der Waals surface area contributed by atoms with Gasteiger partial charge in [0.2, 0.25) is 0 Å². The number of rotatable bonds is 4. The molecule has 0 spiro atoms. The number of ether oxygens (including phenoxy) is 1. The summed E-state index contributed by atoms with van der Waals surface area (Å²) < 4.78 is 44.3. The summed E-state index contributed by atoms with van der Waals surface area (Å²) in [5, 5.41) is 10.6. The zero-order valence-corrected chi connectivity index (χ0v) is 17.0. The Morgan fingerprint density at radius 1 is 1.13 bits per heavy atom. The molecule has 1 fully saturated rings. The Hall–Kier alpha value is -2.47. The largest absolute Gasteiger partial charge is 0.511 e. The van der Waals surface area contributed by atoms with Crippen LogP contribution < -0.4 is 4.74 Å². The first-order valence-corrected chi connectivity index (χ1v) is 10.2. The maximum atomic E-state index is 12.9. The van der Waals surface area contributed by atoms with E-state index >= 15 is 0 Å². The highest BCUT2D eigenvalue weighted by Gasteiger charge is 2.41. The van der Waals surface area contributed by atoms with Gasteiger partial charge in [-0.1, -0.05) is 24.6 Å². The van der Waals surface area contributed by atoms with Gasteiger partial charge in [-0.3, -0.25) is 4.79 Å². The van der Waals surface area contributed by atoms with Crippen LogP contribution >= 0.6 is 11.6 Å². The zero-order chi connectivity index (χ0) is 21.6. The Morgan fingerprint density at radius 2 is 1.87 bits per heavy atom. The number of Topliss-reactive ketones (excluding diaryl/α,β-unsaturated/α-hetero) is 1.